The van der Waals surface area contributed by atoms with Gasteiger partial charge < -0.3 is 5.32 Å². The summed E-state index contributed by atoms with van der Waals surface area (Å²) >= 11 is 0. The SMILES string of the molecule is CCNC(=O)C1=CC(=O)c2ccccc2C1=O. The average molecular weight is 229 g/mol. The average Bonchev–Trinajstić information content (AvgIpc) is 2.34. The molecule has 0 spiro atoms. The summed E-state index contributed by atoms with van der Waals surface area (Å²) in [6.45, 7) is 2.17. The van der Waals surface area contributed by atoms with Gasteiger partial charge >= 0.3 is 0 Å². The van der Waals surface area contributed by atoms with Crippen LogP contribution in [0.3, 0.4) is 0 Å². The fraction of sp³-hybridized carbons (Fsp3) is 0.154. The first-order valence-corrected chi connectivity index (χ1v) is 5.33. The predicted molar refractivity (Wildman–Crippen MR) is 61.9 cm³/mol. The van der Waals surface area contributed by atoms with Gasteiger partial charge in [-0.2, -0.15) is 0 Å². The second-order valence-electron chi connectivity index (χ2n) is 3.66. The van der Waals surface area contributed by atoms with Gasteiger partial charge in [0.1, 0.15) is 0 Å². The molecule has 0 fully saturated rings. The van der Waals surface area contributed by atoms with Crippen LogP contribution in [0.5, 0.6) is 0 Å². The molecule has 0 aromatic heterocycles. The van der Waals surface area contributed by atoms with Crippen molar-refractivity contribution in [2.75, 3.05) is 6.54 Å². The molecular weight excluding hydrogens is 218 g/mol. The molecule has 1 aliphatic rings. The van der Waals surface area contributed by atoms with Crippen LogP contribution in [0.1, 0.15) is 27.6 Å². The largest absolute Gasteiger partial charge is 0.352 e. The van der Waals surface area contributed by atoms with E-state index in [0.29, 0.717) is 17.7 Å². The fourth-order valence-electron chi connectivity index (χ4n) is 1.74. The molecule has 1 aromatic rings. The van der Waals surface area contributed by atoms with Crippen molar-refractivity contribution in [3.05, 3.63) is 47.0 Å². The van der Waals surface area contributed by atoms with Crippen molar-refractivity contribution in [2.24, 2.45) is 0 Å². The molecule has 0 bridgehead atoms. The van der Waals surface area contributed by atoms with Crippen LogP contribution >= 0.6 is 0 Å². The van der Waals surface area contributed by atoms with Crippen LogP contribution in [0.2, 0.25) is 0 Å². The van der Waals surface area contributed by atoms with E-state index in [1.807, 2.05) is 0 Å². The Morgan fingerprint density at radius 3 is 2.47 bits per heavy atom. The Bertz CT molecular complexity index is 543. The lowest BCUT2D eigenvalue weighted by Gasteiger charge is -2.13. The van der Waals surface area contributed by atoms with Gasteiger partial charge in [-0.1, -0.05) is 24.3 Å². The molecule has 1 aliphatic carbocycles. The van der Waals surface area contributed by atoms with Crippen LogP contribution in [0.25, 0.3) is 0 Å². The topological polar surface area (TPSA) is 63.2 Å². The number of carbonyl (C=O) groups excluding carboxylic acids is 3. The van der Waals surface area contributed by atoms with Gasteiger partial charge in [-0.15, -0.1) is 0 Å². The van der Waals surface area contributed by atoms with E-state index in [1.165, 1.54) is 0 Å². The van der Waals surface area contributed by atoms with Gasteiger partial charge in [-0.25, -0.2) is 0 Å². The van der Waals surface area contributed by atoms with Crippen LogP contribution in [-0.4, -0.2) is 24.0 Å². The van der Waals surface area contributed by atoms with Gasteiger partial charge in [0.25, 0.3) is 5.91 Å². The number of ketones is 2. The minimum Gasteiger partial charge on any atom is -0.352 e. The van der Waals surface area contributed by atoms with E-state index in [0.717, 1.165) is 6.08 Å². The molecule has 4 heteroatoms. The van der Waals surface area contributed by atoms with Gasteiger partial charge in [0, 0.05) is 23.7 Å². The summed E-state index contributed by atoms with van der Waals surface area (Å²) in [6.07, 6.45) is 1.11. The maximum atomic E-state index is 12.0. The molecule has 1 N–H and O–H groups in total. The van der Waals surface area contributed by atoms with Crippen molar-refractivity contribution < 1.29 is 14.4 Å². The number of allylic oxidation sites excluding steroid dienone is 1. The summed E-state index contributed by atoms with van der Waals surface area (Å²) in [5.41, 5.74) is 0.558. The lowest BCUT2D eigenvalue weighted by atomic mass is 9.89. The van der Waals surface area contributed by atoms with E-state index in [2.05, 4.69) is 5.32 Å². The third kappa shape index (κ3) is 1.89. The van der Waals surface area contributed by atoms with Gasteiger partial charge in [-0.05, 0) is 6.92 Å². The molecule has 1 aromatic carbocycles. The van der Waals surface area contributed by atoms with Crippen molar-refractivity contribution in [1.82, 2.24) is 5.32 Å². The van der Waals surface area contributed by atoms with Gasteiger partial charge in [0.15, 0.2) is 11.6 Å². The number of amides is 1. The van der Waals surface area contributed by atoms with E-state index in [1.54, 1.807) is 31.2 Å². The zero-order valence-electron chi connectivity index (χ0n) is 9.32. The molecule has 1 amide bonds. The number of hydrogen-bond acceptors (Lipinski definition) is 3. The van der Waals surface area contributed by atoms with Crippen molar-refractivity contribution in [2.45, 2.75) is 6.92 Å². The minimum absolute atomic E-state index is 0.0875. The van der Waals surface area contributed by atoms with Gasteiger partial charge in [0.2, 0.25) is 0 Å². The monoisotopic (exact) mass is 229 g/mol. The van der Waals surface area contributed by atoms with Gasteiger partial charge in [0.05, 0.1) is 5.57 Å². The Balaban J connectivity index is 2.45. The number of nitrogens with one attached hydrogen (secondary N) is 1. The van der Waals surface area contributed by atoms with Crippen molar-refractivity contribution in [3.63, 3.8) is 0 Å². The van der Waals surface area contributed by atoms with E-state index >= 15 is 0 Å². The summed E-state index contributed by atoms with van der Waals surface area (Å²) in [5.74, 6) is -1.20. The summed E-state index contributed by atoms with van der Waals surface area (Å²) in [5, 5.41) is 2.52. The first-order chi connectivity index (χ1) is 8.15. The molecule has 0 radical (unpaired) electrons. The third-order valence-corrected chi connectivity index (χ3v) is 2.54. The van der Waals surface area contributed by atoms with Crippen molar-refractivity contribution >= 4 is 17.5 Å². The van der Waals surface area contributed by atoms with Crippen LogP contribution in [0.4, 0.5) is 0 Å². The lowest BCUT2D eigenvalue weighted by Crippen LogP contribution is -2.31. The summed E-state index contributed by atoms with van der Waals surface area (Å²) in [7, 11) is 0. The van der Waals surface area contributed by atoms with Gasteiger partial charge in [-0.3, -0.25) is 14.4 Å². The highest BCUT2D eigenvalue weighted by atomic mass is 16.2. The molecule has 17 heavy (non-hydrogen) atoms. The van der Waals surface area contributed by atoms with E-state index < -0.39 is 11.7 Å². The number of hydrogen-bond donors (Lipinski definition) is 1. The zero-order valence-corrected chi connectivity index (χ0v) is 9.32. The van der Waals surface area contributed by atoms with Crippen LogP contribution in [0.15, 0.2) is 35.9 Å². The molecule has 4 nitrogen and oxygen atoms in total. The molecule has 0 heterocycles. The number of benzene rings is 1. The molecule has 0 aliphatic heterocycles. The minimum atomic E-state index is -0.500. The summed E-state index contributed by atoms with van der Waals surface area (Å²) in [4.78, 5) is 35.4. The second kappa shape index (κ2) is 4.33. The second-order valence-corrected chi connectivity index (χ2v) is 3.66. The highest BCUT2D eigenvalue weighted by Crippen LogP contribution is 2.20. The fourth-order valence-corrected chi connectivity index (χ4v) is 1.74. The summed E-state index contributed by atoms with van der Waals surface area (Å²) < 4.78 is 0. The van der Waals surface area contributed by atoms with Crippen LogP contribution < -0.4 is 5.32 Å². The van der Waals surface area contributed by atoms with E-state index in [9.17, 15) is 14.4 Å². The quantitative estimate of drug-likeness (QED) is 0.773. The van der Waals surface area contributed by atoms with E-state index in [-0.39, 0.29) is 11.4 Å². The maximum Gasteiger partial charge on any atom is 0.255 e. The number of Topliss-reactive ketones (excluding diaryl/α,β-unsaturated/α-hetero) is 1. The molecule has 0 unspecified atom stereocenters. The lowest BCUT2D eigenvalue weighted by molar-refractivity contribution is -0.117. The third-order valence-electron chi connectivity index (χ3n) is 2.54. The van der Waals surface area contributed by atoms with E-state index in [4.69, 9.17) is 0 Å². The first kappa shape index (κ1) is 11.3. The molecule has 2 rings (SSSR count). The molecule has 86 valence electrons. The van der Waals surface area contributed by atoms with Crippen LogP contribution in [-0.2, 0) is 4.79 Å². The Morgan fingerprint density at radius 1 is 1.18 bits per heavy atom. The Labute approximate surface area is 98.3 Å². The number of rotatable bonds is 2. The Hall–Kier alpha value is -2.23. The summed E-state index contributed by atoms with van der Waals surface area (Å²) in [6, 6.07) is 6.50. The highest BCUT2D eigenvalue weighted by Gasteiger charge is 2.28. The standard InChI is InChI=1S/C13H11NO3/c1-2-14-13(17)10-7-11(15)8-5-3-4-6-9(8)12(10)16/h3-7H,2H2,1H3,(H,14,17). The Morgan fingerprint density at radius 2 is 1.82 bits per heavy atom. The predicted octanol–water partition coefficient (Wildman–Crippen LogP) is 1.13. The number of carbonyl (C=O) groups is 3. The molecular formula is C13H11NO3. The van der Waals surface area contributed by atoms with Crippen molar-refractivity contribution in [3.8, 4) is 0 Å². The Kier molecular flexibility index (Phi) is 2.87. The normalized spacial score (nSPS) is 14.1. The van der Waals surface area contributed by atoms with Crippen molar-refractivity contribution in [1.29, 1.82) is 0 Å². The first-order valence-electron chi connectivity index (χ1n) is 5.33. The number of fused-ring (bicyclic) bond motifs is 1. The maximum absolute atomic E-state index is 12.0. The zero-order chi connectivity index (χ0) is 12.4. The highest BCUT2D eigenvalue weighted by molar-refractivity contribution is 6.34. The van der Waals surface area contributed by atoms with Crippen LogP contribution in [0, 0.1) is 0 Å². The molecule has 0 saturated heterocycles. The smallest absolute Gasteiger partial charge is 0.255 e. The number of likely N-dealkylation sites (N-methyl/N-ethyl adjacent to an activating group) is 1. The molecule has 0 saturated carbocycles. The molecule has 0 atom stereocenters.